The van der Waals surface area contributed by atoms with E-state index in [0.29, 0.717) is 10.6 Å². The van der Waals surface area contributed by atoms with Gasteiger partial charge in [-0.1, -0.05) is 6.07 Å². The van der Waals surface area contributed by atoms with Crippen LogP contribution < -0.4 is 14.5 Å². The Balaban J connectivity index is 1.45. The molecule has 1 aliphatic carbocycles. The minimum absolute atomic E-state index is 0.357. The van der Waals surface area contributed by atoms with Gasteiger partial charge in [0.25, 0.3) is 10.0 Å². The molecule has 2 aromatic carbocycles. The lowest BCUT2D eigenvalue weighted by atomic mass is 9.92. The molecule has 1 fully saturated rings. The van der Waals surface area contributed by atoms with E-state index in [2.05, 4.69) is 16.5 Å². The van der Waals surface area contributed by atoms with Crippen molar-refractivity contribution in [2.75, 3.05) is 42.3 Å². The molecule has 0 saturated carbocycles. The average molecular weight is 401 g/mol. The van der Waals surface area contributed by atoms with Gasteiger partial charge in [-0.3, -0.25) is 4.72 Å². The van der Waals surface area contributed by atoms with Gasteiger partial charge in [0.15, 0.2) is 0 Å². The van der Waals surface area contributed by atoms with Crippen molar-refractivity contribution in [2.45, 2.75) is 37.5 Å². The van der Waals surface area contributed by atoms with E-state index in [4.69, 9.17) is 0 Å². The highest BCUT2D eigenvalue weighted by atomic mass is 32.2. The molecule has 5 nitrogen and oxygen atoms in total. The minimum atomic E-state index is -3.56. The normalized spacial score (nSPS) is 18.0. The summed E-state index contributed by atoms with van der Waals surface area (Å²) in [6, 6.07) is 13.3. The Morgan fingerprint density at radius 1 is 0.964 bits per heavy atom. The maximum atomic E-state index is 12.8. The van der Waals surface area contributed by atoms with E-state index < -0.39 is 10.0 Å². The smallest absolute Gasteiger partial charge is 0.261 e. The number of nitrogens with zero attached hydrogens (tertiary/aromatic N) is 1. The third-order valence-corrected chi connectivity index (χ3v) is 7.46. The van der Waals surface area contributed by atoms with Crippen molar-refractivity contribution >= 4 is 21.4 Å². The van der Waals surface area contributed by atoms with Crippen LogP contribution in [-0.4, -0.2) is 41.1 Å². The third kappa shape index (κ3) is 4.18. The van der Waals surface area contributed by atoms with Crippen molar-refractivity contribution in [3.05, 3.63) is 53.6 Å². The monoisotopic (exact) mass is 400 g/mol. The van der Waals surface area contributed by atoms with Crippen LogP contribution in [0, 0.1) is 0 Å². The highest BCUT2D eigenvalue weighted by Gasteiger charge is 2.20. The van der Waals surface area contributed by atoms with Crippen molar-refractivity contribution in [2.24, 2.45) is 0 Å². The molecule has 0 unspecified atom stereocenters. The second kappa shape index (κ2) is 8.13. The number of nitrogens with one attached hydrogen (secondary N) is 2. The fourth-order valence-electron chi connectivity index (χ4n) is 4.27. The largest absolute Gasteiger partial charge is 0.360 e. The topological polar surface area (TPSA) is 53.9 Å². The van der Waals surface area contributed by atoms with Crippen molar-refractivity contribution in [1.82, 2.24) is 0 Å². The molecule has 150 valence electrons. The lowest BCUT2D eigenvalue weighted by Gasteiger charge is -2.33. The van der Waals surface area contributed by atoms with Crippen LogP contribution in [0.5, 0.6) is 0 Å². The molecule has 2 N–H and O–H groups in total. The van der Waals surface area contributed by atoms with E-state index >= 15 is 0 Å². The molecule has 4 rings (SSSR count). The van der Waals surface area contributed by atoms with E-state index in [1.165, 1.54) is 24.1 Å². The SMILES string of the molecule is CC[NH+]1CCN(c2ccc(NS(=O)(=O)c3ccc4c(c3)CCCC4)cc2)CC1. The van der Waals surface area contributed by atoms with Crippen molar-refractivity contribution in [3.8, 4) is 0 Å². The summed E-state index contributed by atoms with van der Waals surface area (Å²) in [7, 11) is -3.56. The number of rotatable bonds is 5. The predicted molar refractivity (Wildman–Crippen MR) is 114 cm³/mol. The van der Waals surface area contributed by atoms with Gasteiger partial charge in [-0.15, -0.1) is 0 Å². The number of likely N-dealkylation sites (N-methyl/N-ethyl adjacent to an activating group) is 1. The molecule has 1 saturated heterocycles. The number of aryl methyl sites for hydroxylation is 2. The zero-order valence-corrected chi connectivity index (χ0v) is 17.4. The number of benzene rings is 2. The van der Waals surface area contributed by atoms with E-state index in [-0.39, 0.29) is 0 Å². The van der Waals surface area contributed by atoms with Gasteiger partial charge in [-0.25, -0.2) is 8.42 Å². The summed E-state index contributed by atoms with van der Waals surface area (Å²) in [6.45, 7) is 7.81. The summed E-state index contributed by atoms with van der Waals surface area (Å²) in [4.78, 5) is 4.38. The summed E-state index contributed by atoms with van der Waals surface area (Å²) in [5.41, 5.74) is 4.24. The van der Waals surface area contributed by atoms with Crippen LogP contribution in [0.25, 0.3) is 0 Å². The fraction of sp³-hybridized carbons (Fsp3) is 0.455. The van der Waals surface area contributed by atoms with Gasteiger partial charge >= 0.3 is 0 Å². The Morgan fingerprint density at radius 3 is 2.32 bits per heavy atom. The van der Waals surface area contributed by atoms with Crippen LogP contribution in [0.4, 0.5) is 11.4 Å². The zero-order chi connectivity index (χ0) is 19.6. The quantitative estimate of drug-likeness (QED) is 0.808. The van der Waals surface area contributed by atoms with Crippen LogP contribution >= 0.6 is 0 Å². The molecule has 0 bridgehead atoms. The van der Waals surface area contributed by atoms with Gasteiger partial charge in [-0.05, 0) is 80.1 Å². The molecule has 0 spiro atoms. The first-order valence-electron chi connectivity index (χ1n) is 10.4. The van der Waals surface area contributed by atoms with Gasteiger partial charge in [0, 0.05) is 11.4 Å². The van der Waals surface area contributed by atoms with Gasteiger partial charge in [0.2, 0.25) is 0 Å². The summed E-state index contributed by atoms with van der Waals surface area (Å²) in [5.74, 6) is 0. The molecule has 6 heteroatoms. The third-order valence-electron chi connectivity index (χ3n) is 6.09. The lowest BCUT2D eigenvalue weighted by molar-refractivity contribution is -0.898. The maximum absolute atomic E-state index is 12.8. The Morgan fingerprint density at radius 2 is 1.64 bits per heavy atom. The molecule has 0 radical (unpaired) electrons. The molecule has 28 heavy (non-hydrogen) atoms. The van der Waals surface area contributed by atoms with Gasteiger partial charge in [0.1, 0.15) is 0 Å². The molecular formula is C22H30N3O2S+. The maximum Gasteiger partial charge on any atom is 0.261 e. The summed E-state index contributed by atoms with van der Waals surface area (Å²) in [6.07, 6.45) is 4.36. The standard InChI is InChI=1S/C22H29N3O2S/c1-2-24-13-15-25(16-14-24)21-10-8-20(9-11-21)23-28(26,27)22-12-7-18-5-3-4-6-19(18)17-22/h7-12,17,23H,2-6,13-16H2,1H3/p+1. The van der Waals surface area contributed by atoms with Crippen LogP contribution in [0.3, 0.4) is 0 Å². The Hall–Kier alpha value is -2.05. The number of quaternary nitrogens is 1. The molecule has 2 aromatic rings. The Bertz CT molecular complexity index is 917. The number of hydrogen-bond acceptors (Lipinski definition) is 3. The summed E-state index contributed by atoms with van der Waals surface area (Å²) < 4.78 is 28.4. The fourth-order valence-corrected chi connectivity index (χ4v) is 5.37. The number of anilines is 2. The average Bonchev–Trinajstić information content (AvgIpc) is 2.74. The van der Waals surface area contributed by atoms with E-state index in [9.17, 15) is 8.42 Å². The number of piperazine rings is 1. The highest BCUT2D eigenvalue weighted by molar-refractivity contribution is 7.92. The van der Waals surface area contributed by atoms with Gasteiger partial charge in [0.05, 0.1) is 37.6 Å². The second-order valence-corrected chi connectivity index (χ2v) is 9.56. The van der Waals surface area contributed by atoms with Crippen LogP contribution in [0.15, 0.2) is 47.4 Å². The van der Waals surface area contributed by atoms with Crippen LogP contribution in [0.2, 0.25) is 0 Å². The first kappa shape index (κ1) is 19.3. The number of hydrogen-bond donors (Lipinski definition) is 2. The van der Waals surface area contributed by atoms with Crippen molar-refractivity contribution in [1.29, 1.82) is 0 Å². The van der Waals surface area contributed by atoms with Crippen molar-refractivity contribution < 1.29 is 13.3 Å². The number of sulfonamides is 1. The summed E-state index contributed by atoms with van der Waals surface area (Å²) in [5, 5.41) is 0. The van der Waals surface area contributed by atoms with E-state index in [1.807, 2.05) is 36.4 Å². The van der Waals surface area contributed by atoms with Crippen molar-refractivity contribution in [3.63, 3.8) is 0 Å². The molecule has 1 aliphatic heterocycles. The highest BCUT2D eigenvalue weighted by Crippen LogP contribution is 2.26. The zero-order valence-electron chi connectivity index (χ0n) is 16.6. The van der Waals surface area contributed by atoms with Crippen LogP contribution in [-0.2, 0) is 22.9 Å². The van der Waals surface area contributed by atoms with Crippen LogP contribution in [0.1, 0.15) is 30.9 Å². The molecule has 0 atom stereocenters. The Labute approximate surface area is 168 Å². The minimum Gasteiger partial charge on any atom is -0.360 e. The first-order chi connectivity index (χ1) is 13.5. The molecule has 0 amide bonds. The van der Waals surface area contributed by atoms with E-state index in [1.54, 1.807) is 11.0 Å². The second-order valence-electron chi connectivity index (χ2n) is 7.88. The number of fused-ring (bicyclic) bond motifs is 1. The first-order valence-corrected chi connectivity index (χ1v) is 11.9. The Kier molecular flexibility index (Phi) is 5.60. The van der Waals surface area contributed by atoms with Gasteiger partial charge in [-0.2, -0.15) is 0 Å². The molecule has 1 heterocycles. The molecule has 2 aliphatic rings. The predicted octanol–water partition coefficient (Wildman–Crippen LogP) is 2.09. The summed E-state index contributed by atoms with van der Waals surface area (Å²) >= 11 is 0. The van der Waals surface area contributed by atoms with Gasteiger partial charge < -0.3 is 9.80 Å². The molecule has 0 aromatic heterocycles. The lowest BCUT2D eigenvalue weighted by Crippen LogP contribution is -3.14. The van der Waals surface area contributed by atoms with E-state index in [0.717, 1.165) is 51.1 Å². The molecular weight excluding hydrogens is 370 g/mol.